The van der Waals surface area contributed by atoms with Gasteiger partial charge < -0.3 is 15.4 Å². The van der Waals surface area contributed by atoms with Crippen molar-refractivity contribution in [3.05, 3.63) is 102 Å². The van der Waals surface area contributed by atoms with Crippen LogP contribution in [0.5, 0.6) is 0 Å². The van der Waals surface area contributed by atoms with Gasteiger partial charge in [0.15, 0.2) is 0 Å². The van der Waals surface area contributed by atoms with Crippen molar-refractivity contribution in [1.29, 1.82) is 0 Å². The van der Waals surface area contributed by atoms with Crippen molar-refractivity contribution < 1.29 is 19.1 Å². The summed E-state index contributed by atoms with van der Waals surface area (Å²) in [6, 6.07) is 26.0. The summed E-state index contributed by atoms with van der Waals surface area (Å²) in [5.74, 6) is -0.955. The lowest BCUT2D eigenvalue weighted by Crippen LogP contribution is -2.23. The van der Waals surface area contributed by atoms with E-state index in [1.165, 1.54) is 0 Å². The predicted octanol–water partition coefficient (Wildman–Crippen LogP) is 4.12. The van der Waals surface area contributed by atoms with Crippen LogP contribution in [0.2, 0.25) is 0 Å². The van der Waals surface area contributed by atoms with Crippen molar-refractivity contribution in [1.82, 2.24) is 5.32 Å². The van der Waals surface area contributed by atoms with E-state index in [1.807, 2.05) is 60.7 Å². The summed E-state index contributed by atoms with van der Waals surface area (Å²) in [5, 5.41) is 5.58. The molecule has 0 aliphatic rings. The molecule has 6 nitrogen and oxygen atoms in total. The second kappa shape index (κ2) is 12.1. The molecule has 0 fully saturated rings. The molecule has 0 saturated heterocycles. The number of carbonyl (C=O) groups excluding carboxylic acids is 3. The summed E-state index contributed by atoms with van der Waals surface area (Å²) < 4.78 is 5.19. The van der Waals surface area contributed by atoms with Gasteiger partial charge >= 0.3 is 5.97 Å². The van der Waals surface area contributed by atoms with E-state index in [-0.39, 0.29) is 31.3 Å². The van der Waals surface area contributed by atoms with Crippen LogP contribution in [0.1, 0.15) is 34.3 Å². The molecule has 0 atom stereocenters. The van der Waals surface area contributed by atoms with E-state index in [9.17, 15) is 14.4 Å². The lowest BCUT2D eigenvalue weighted by Gasteiger charge is -2.09. The Morgan fingerprint density at radius 1 is 0.750 bits per heavy atom. The molecule has 0 aliphatic heterocycles. The molecule has 0 bridgehead atoms. The number of benzene rings is 3. The van der Waals surface area contributed by atoms with Crippen molar-refractivity contribution in [3.8, 4) is 0 Å². The lowest BCUT2D eigenvalue weighted by molar-refractivity contribution is -0.144. The first-order valence-electron chi connectivity index (χ1n) is 10.5. The van der Waals surface area contributed by atoms with Gasteiger partial charge in [-0.2, -0.15) is 0 Å². The number of hydrogen-bond donors (Lipinski definition) is 2. The molecule has 0 saturated carbocycles. The minimum Gasteiger partial charge on any atom is -0.465 e. The fourth-order valence-corrected chi connectivity index (χ4v) is 3.06. The molecular formula is C26H26N2O4. The monoisotopic (exact) mass is 430 g/mol. The Morgan fingerprint density at radius 2 is 1.44 bits per heavy atom. The third-order valence-corrected chi connectivity index (χ3v) is 4.76. The molecule has 0 aromatic heterocycles. The van der Waals surface area contributed by atoms with Crippen LogP contribution >= 0.6 is 0 Å². The number of carbonyl (C=O) groups is 3. The second-order valence-corrected chi connectivity index (χ2v) is 7.25. The van der Waals surface area contributed by atoms with Crippen molar-refractivity contribution >= 4 is 23.5 Å². The van der Waals surface area contributed by atoms with Gasteiger partial charge in [-0.1, -0.05) is 66.7 Å². The lowest BCUT2D eigenvalue weighted by atomic mass is 10.1. The minimum absolute atomic E-state index is 0.00211. The number of nitrogens with one attached hydrogen (secondary N) is 2. The molecule has 0 spiro atoms. The Kier molecular flexibility index (Phi) is 8.57. The smallest absolute Gasteiger partial charge is 0.306 e. The van der Waals surface area contributed by atoms with Crippen LogP contribution < -0.4 is 10.6 Å². The van der Waals surface area contributed by atoms with Gasteiger partial charge in [0.25, 0.3) is 5.91 Å². The summed E-state index contributed by atoms with van der Waals surface area (Å²) in [6.07, 6.45) is 0.643. The Morgan fingerprint density at radius 3 is 2.16 bits per heavy atom. The summed E-state index contributed by atoms with van der Waals surface area (Å²) in [5.41, 5.74) is 3.03. The first-order valence-corrected chi connectivity index (χ1v) is 10.5. The van der Waals surface area contributed by atoms with Crippen molar-refractivity contribution in [2.45, 2.75) is 25.8 Å². The molecule has 0 heterocycles. The summed E-state index contributed by atoms with van der Waals surface area (Å²) in [6.45, 7) is 0.702. The van der Waals surface area contributed by atoms with Gasteiger partial charge in [0.2, 0.25) is 5.91 Å². The van der Waals surface area contributed by atoms with Crippen LogP contribution in [0.4, 0.5) is 5.69 Å². The predicted molar refractivity (Wildman–Crippen MR) is 123 cm³/mol. The zero-order valence-corrected chi connectivity index (χ0v) is 17.8. The van der Waals surface area contributed by atoms with Gasteiger partial charge in [-0.15, -0.1) is 0 Å². The van der Waals surface area contributed by atoms with Gasteiger partial charge in [-0.3, -0.25) is 14.4 Å². The Hall–Kier alpha value is -3.93. The molecule has 0 radical (unpaired) electrons. The van der Waals surface area contributed by atoms with Crippen molar-refractivity contribution in [3.63, 3.8) is 0 Å². The molecule has 164 valence electrons. The van der Waals surface area contributed by atoms with Gasteiger partial charge in [0.05, 0.1) is 13.0 Å². The van der Waals surface area contributed by atoms with Crippen LogP contribution in [-0.2, 0) is 27.3 Å². The fourth-order valence-electron chi connectivity index (χ4n) is 3.06. The Labute approximate surface area is 187 Å². The summed E-state index contributed by atoms with van der Waals surface area (Å²) >= 11 is 0. The van der Waals surface area contributed by atoms with E-state index in [1.54, 1.807) is 24.3 Å². The van der Waals surface area contributed by atoms with E-state index in [0.29, 0.717) is 24.2 Å². The maximum Gasteiger partial charge on any atom is 0.306 e. The normalized spacial score (nSPS) is 10.2. The zero-order chi connectivity index (χ0) is 22.6. The molecule has 3 rings (SSSR count). The SMILES string of the molecule is O=C(CCC(=O)OCCc1ccccc1)Nc1cccc(C(=O)NCc2ccccc2)c1. The number of ether oxygens (including phenoxy) is 1. The number of rotatable bonds is 10. The molecular weight excluding hydrogens is 404 g/mol. The van der Waals surface area contributed by atoms with E-state index in [0.717, 1.165) is 11.1 Å². The number of hydrogen-bond acceptors (Lipinski definition) is 4. The Bertz CT molecular complexity index is 1040. The maximum atomic E-state index is 12.4. The minimum atomic E-state index is -0.412. The molecule has 3 aromatic carbocycles. The standard InChI is InChI=1S/C26H26N2O4/c29-24(14-15-25(30)32-17-16-20-8-3-1-4-9-20)28-23-13-7-12-22(18-23)26(31)27-19-21-10-5-2-6-11-21/h1-13,18H,14-17,19H2,(H,27,31)(H,28,29). The van der Waals surface area contributed by atoms with Gasteiger partial charge in [-0.05, 0) is 29.3 Å². The van der Waals surface area contributed by atoms with Crippen LogP contribution in [0.3, 0.4) is 0 Å². The topological polar surface area (TPSA) is 84.5 Å². The molecule has 2 amide bonds. The summed E-state index contributed by atoms with van der Waals surface area (Å²) in [4.78, 5) is 36.4. The molecule has 3 aromatic rings. The molecule has 6 heteroatoms. The van der Waals surface area contributed by atoms with Crippen LogP contribution in [-0.4, -0.2) is 24.4 Å². The average Bonchev–Trinajstić information content (AvgIpc) is 2.83. The first kappa shape index (κ1) is 22.7. The van der Waals surface area contributed by atoms with E-state index in [2.05, 4.69) is 10.6 Å². The van der Waals surface area contributed by atoms with E-state index < -0.39 is 5.97 Å². The van der Waals surface area contributed by atoms with E-state index >= 15 is 0 Å². The number of anilines is 1. The van der Waals surface area contributed by atoms with Crippen molar-refractivity contribution in [2.75, 3.05) is 11.9 Å². The Balaban J connectivity index is 1.39. The van der Waals surface area contributed by atoms with Gasteiger partial charge in [0, 0.05) is 30.6 Å². The molecule has 2 N–H and O–H groups in total. The van der Waals surface area contributed by atoms with Crippen molar-refractivity contribution in [2.24, 2.45) is 0 Å². The maximum absolute atomic E-state index is 12.4. The van der Waals surface area contributed by atoms with E-state index in [4.69, 9.17) is 4.74 Å². The van der Waals surface area contributed by atoms with Gasteiger partial charge in [-0.25, -0.2) is 0 Å². The van der Waals surface area contributed by atoms with Crippen LogP contribution in [0, 0.1) is 0 Å². The first-order chi connectivity index (χ1) is 15.6. The number of amides is 2. The third-order valence-electron chi connectivity index (χ3n) is 4.76. The summed E-state index contributed by atoms with van der Waals surface area (Å²) in [7, 11) is 0. The molecule has 0 unspecified atom stereocenters. The average molecular weight is 431 g/mol. The van der Waals surface area contributed by atoms with Crippen LogP contribution in [0.15, 0.2) is 84.9 Å². The second-order valence-electron chi connectivity index (χ2n) is 7.25. The molecule has 32 heavy (non-hydrogen) atoms. The fraction of sp³-hybridized carbons (Fsp3) is 0.192. The highest BCUT2D eigenvalue weighted by Gasteiger charge is 2.11. The van der Waals surface area contributed by atoms with Crippen LogP contribution in [0.25, 0.3) is 0 Å². The highest BCUT2D eigenvalue weighted by molar-refractivity contribution is 5.97. The largest absolute Gasteiger partial charge is 0.465 e. The highest BCUT2D eigenvalue weighted by atomic mass is 16.5. The van der Waals surface area contributed by atoms with Gasteiger partial charge in [0.1, 0.15) is 0 Å². The number of esters is 1. The quantitative estimate of drug-likeness (QED) is 0.474. The molecule has 0 aliphatic carbocycles. The third kappa shape index (κ3) is 7.72. The zero-order valence-electron chi connectivity index (χ0n) is 17.8. The highest BCUT2D eigenvalue weighted by Crippen LogP contribution is 2.12.